The summed E-state index contributed by atoms with van der Waals surface area (Å²) in [6.45, 7) is 4.21. The van der Waals surface area contributed by atoms with Gasteiger partial charge in [0, 0.05) is 13.1 Å². The van der Waals surface area contributed by atoms with Crippen LogP contribution in [0.3, 0.4) is 0 Å². The maximum absolute atomic E-state index is 12.6. The largest absolute Gasteiger partial charge is 0.466 e. The van der Waals surface area contributed by atoms with Crippen LogP contribution in [0.4, 0.5) is 0 Å². The Balaban J connectivity index is 2.00. The van der Waals surface area contributed by atoms with E-state index in [1.165, 1.54) is 31.0 Å². The number of carbonyl (C=O) groups excluding carboxylic acids is 3. The first-order valence-electron chi connectivity index (χ1n) is 9.50. The monoisotopic (exact) mass is 460 g/mol. The number of sulfonamides is 1. The van der Waals surface area contributed by atoms with E-state index in [0.29, 0.717) is 32.5 Å². The van der Waals surface area contributed by atoms with Gasteiger partial charge in [0.2, 0.25) is 10.0 Å². The molecule has 2 rings (SSSR count). The Bertz CT molecular complexity index is 911. The maximum Gasteiger partial charge on any atom is 0.338 e. The molecule has 1 saturated heterocycles. The van der Waals surface area contributed by atoms with E-state index < -0.39 is 22.1 Å². The van der Waals surface area contributed by atoms with Crippen LogP contribution in [-0.2, 0) is 29.1 Å². The molecule has 9 nitrogen and oxygen atoms in total. The van der Waals surface area contributed by atoms with E-state index in [1.807, 2.05) is 0 Å². The number of esters is 2. The van der Waals surface area contributed by atoms with Crippen molar-refractivity contribution in [2.24, 2.45) is 5.92 Å². The van der Waals surface area contributed by atoms with Gasteiger partial charge in [-0.3, -0.25) is 9.59 Å². The van der Waals surface area contributed by atoms with Crippen LogP contribution in [-0.4, -0.2) is 64.0 Å². The number of nitrogens with zero attached hydrogens (tertiary/aromatic N) is 1. The highest BCUT2D eigenvalue weighted by molar-refractivity contribution is 7.89. The van der Waals surface area contributed by atoms with Crippen molar-refractivity contribution >= 4 is 39.5 Å². The van der Waals surface area contributed by atoms with E-state index >= 15 is 0 Å². The molecule has 166 valence electrons. The number of amides is 1. The number of ether oxygens (including phenoxy) is 2. The number of piperidine rings is 1. The summed E-state index contributed by atoms with van der Waals surface area (Å²) in [4.78, 5) is 38.1. The van der Waals surface area contributed by atoms with Gasteiger partial charge in [-0.1, -0.05) is 11.6 Å². The third-order valence-electron chi connectivity index (χ3n) is 4.78. The lowest BCUT2D eigenvalue weighted by molar-refractivity contribution is -0.152. The van der Waals surface area contributed by atoms with Gasteiger partial charge < -0.3 is 14.4 Å². The molecule has 30 heavy (non-hydrogen) atoms. The molecule has 1 aliphatic heterocycles. The first kappa shape index (κ1) is 24.1. The van der Waals surface area contributed by atoms with Crippen LogP contribution < -0.4 is 4.72 Å². The van der Waals surface area contributed by atoms with Gasteiger partial charge in [-0.2, -0.15) is 0 Å². The molecule has 0 aliphatic carbocycles. The van der Waals surface area contributed by atoms with Gasteiger partial charge >= 0.3 is 11.9 Å². The summed E-state index contributed by atoms with van der Waals surface area (Å²) in [5.74, 6) is -1.74. The number of hydrogen-bond acceptors (Lipinski definition) is 7. The number of rotatable bonds is 7. The molecule has 0 unspecified atom stereocenters. The van der Waals surface area contributed by atoms with Crippen LogP contribution in [0.25, 0.3) is 0 Å². The summed E-state index contributed by atoms with van der Waals surface area (Å²) in [7, 11) is -2.64. The molecular weight excluding hydrogens is 436 g/mol. The van der Waals surface area contributed by atoms with Gasteiger partial charge in [-0.25, -0.2) is 17.9 Å². The van der Waals surface area contributed by atoms with Crippen LogP contribution in [0.1, 0.15) is 37.0 Å². The van der Waals surface area contributed by atoms with Crippen LogP contribution in [0.5, 0.6) is 0 Å². The fourth-order valence-corrected chi connectivity index (χ4v) is 4.33. The molecule has 1 atom stereocenters. The Kier molecular flexibility index (Phi) is 8.22. The van der Waals surface area contributed by atoms with Crippen molar-refractivity contribution in [3.63, 3.8) is 0 Å². The van der Waals surface area contributed by atoms with Gasteiger partial charge in [0.25, 0.3) is 5.91 Å². The topological polar surface area (TPSA) is 119 Å². The van der Waals surface area contributed by atoms with Crippen molar-refractivity contribution in [1.29, 1.82) is 0 Å². The molecule has 1 heterocycles. The SMILES string of the molecule is CCOC(=O)C1CCN(C(=O)[C@H](C)OC(=O)c2ccc(Cl)c(S(=O)(=O)NC)c2)CC1. The second-order valence-corrected chi connectivity index (χ2v) is 9.01. The molecule has 1 amide bonds. The van der Waals surface area contributed by atoms with Crippen LogP contribution in [0.15, 0.2) is 23.1 Å². The summed E-state index contributed by atoms with van der Waals surface area (Å²) in [6.07, 6.45) is -0.113. The van der Waals surface area contributed by atoms with Gasteiger partial charge in [0.1, 0.15) is 4.90 Å². The molecule has 0 bridgehead atoms. The minimum Gasteiger partial charge on any atom is -0.466 e. The number of hydrogen-bond donors (Lipinski definition) is 1. The molecule has 0 spiro atoms. The average molecular weight is 461 g/mol. The Labute approximate surface area is 180 Å². The number of nitrogens with one attached hydrogen (secondary N) is 1. The minimum atomic E-state index is -3.87. The van der Waals surface area contributed by atoms with E-state index in [-0.39, 0.29) is 33.3 Å². The molecule has 11 heteroatoms. The molecule has 1 N–H and O–H groups in total. The smallest absolute Gasteiger partial charge is 0.338 e. The molecule has 1 aromatic carbocycles. The first-order chi connectivity index (χ1) is 14.1. The molecule has 0 radical (unpaired) electrons. The highest BCUT2D eigenvalue weighted by Crippen LogP contribution is 2.24. The molecule has 1 fully saturated rings. The van der Waals surface area contributed by atoms with Crippen molar-refractivity contribution in [3.8, 4) is 0 Å². The lowest BCUT2D eigenvalue weighted by Gasteiger charge is -2.32. The average Bonchev–Trinajstić information content (AvgIpc) is 2.73. The third-order valence-corrected chi connectivity index (χ3v) is 6.68. The molecular formula is C19H25ClN2O7S. The normalized spacial score (nSPS) is 16.1. The number of benzene rings is 1. The Morgan fingerprint density at radius 3 is 2.47 bits per heavy atom. The Morgan fingerprint density at radius 1 is 1.27 bits per heavy atom. The van der Waals surface area contributed by atoms with Gasteiger partial charge in [0.05, 0.1) is 23.1 Å². The van der Waals surface area contributed by atoms with Crippen molar-refractivity contribution in [3.05, 3.63) is 28.8 Å². The second kappa shape index (κ2) is 10.2. The summed E-state index contributed by atoms with van der Waals surface area (Å²) in [6, 6.07) is 3.69. The molecule has 1 aromatic rings. The van der Waals surface area contributed by atoms with Gasteiger partial charge in [-0.15, -0.1) is 0 Å². The van der Waals surface area contributed by atoms with E-state index in [2.05, 4.69) is 4.72 Å². The highest BCUT2D eigenvalue weighted by Gasteiger charge is 2.31. The molecule has 1 aliphatic rings. The van der Waals surface area contributed by atoms with E-state index in [0.717, 1.165) is 6.07 Å². The first-order valence-corrected chi connectivity index (χ1v) is 11.4. The Hall–Kier alpha value is -2.17. The number of carbonyl (C=O) groups is 3. The number of halogens is 1. The van der Waals surface area contributed by atoms with Crippen molar-refractivity contribution in [1.82, 2.24) is 9.62 Å². The fraction of sp³-hybridized carbons (Fsp3) is 0.526. The zero-order chi connectivity index (χ0) is 22.5. The van der Waals surface area contributed by atoms with Crippen molar-refractivity contribution in [2.45, 2.75) is 37.7 Å². The molecule has 0 saturated carbocycles. The summed E-state index contributed by atoms with van der Waals surface area (Å²) >= 11 is 5.91. The number of likely N-dealkylation sites (tertiary alicyclic amines) is 1. The van der Waals surface area contributed by atoms with E-state index in [9.17, 15) is 22.8 Å². The van der Waals surface area contributed by atoms with Crippen LogP contribution in [0.2, 0.25) is 5.02 Å². The van der Waals surface area contributed by atoms with Gasteiger partial charge in [-0.05, 0) is 51.9 Å². The predicted molar refractivity (Wildman–Crippen MR) is 109 cm³/mol. The second-order valence-electron chi connectivity index (χ2n) is 6.75. The standard InChI is InChI=1S/C19H25ClN2O7S/c1-4-28-18(24)13-7-9-22(10-8-13)17(23)12(2)29-19(25)14-5-6-15(20)16(11-14)30(26,27)21-3/h5-6,11-13,21H,4,7-10H2,1-3H3/t12-/m0/s1. The van der Waals surface area contributed by atoms with E-state index in [1.54, 1.807) is 6.92 Å². The Morgan fingerprint density at radius 2 is 1.90 bits per heavy atom. The molecule has 0 aromatic heterocycles. The van der Waals surface area contributed by atoms with Crippen molar-refractivity contribution in [2.75, 3.05) is 26.7 Å². The fourth-order valence-electron chi connectivity index (χ4n) is 3.08. The van der Waals surface area contributed by atoms with Gasteiger partial charge in [0.15, 0.2) is 6.10 Å². The van der Waals surface area contributed by atoms with Crippen LogP contribution in [0, 0.1) is 5.92 Å². The lowest BCUT2D eigenvalue weighted by Crippen LogP contribution is -2.45. The highest BCUT2D eigenvalue weighted by atomic mass is 35.5. The zero-order valence-electron chi connectivity index (χ0n) is 17.0. The van der Waals surface area contributed by atoms with Crippen LogP contribution >= 0.6 is 11.6 Å². The van der Waals surface area contributed by atoms with E-state index in [4.69, 9.17) is 21.1 Å². The summed E-state index contributed by atoms with van der Waals surface area (Å²) < 4.78 is 36.4. The lowest BCUT2D eigenvalue weighted by atomic mass is 9.97. The minimum absolute atomic E-state index is 0.0468. The quantitative estimate of drug-likeness (QED) is 0.613. The summed E-state index contributed by atoms with van der Waals surface area (Å²) in [5, 5.41) is -0.0468. The third kappa shape index (κ3) is 5.71. The van der Waals surface area contributed by atoms with Crippen molar-refractivity contribution < 1.29 is 32.3 Å². The zero-order valence-corrected chi connectivity index (χ0v) is 18.6. The summed E-state index contributed by atoms with van der Waals surface area (Å²) in [5.41, 5.74) is -0.0473. The predicted octanol–water partition coefficient (Wildman–Crippen LogP) is 1.60. The maximum atomic E-state index is 12.6.